The number of amides is 1. The van der Waals surface area contributed by atoms with Gasteiger partial charge >= 0.3 is 6.09 Å². The first-order valence-electron chi connectivity index (χ1n) is 16.1. The van der Waals surface area contributed by atoms with E-state index in [1.807, 2.05) is 65.5 Å². The minimum Gasteiger partial charge on any atom is -0.444 e. The lowest BCUT2D eigenvalue weighted by molar-refractivity contribution is 0.0307. The van der Waals surface area contributed by atoms with Crippen LogP contribution >= 0.6 is 11.8 Å². The molecule has 0 radical (unpaired) electrons. The number of nitrogens with one attached hydrogen (secondary N) is 2. The molecule has 1 saturated heterocycles. The van der Waals surface area contributed by atoms with Crippen LogP contribution in [0, 0.1) is 5.41 Å². The van der Waals surface area contributed by atoms with Crippen LogP contribution in [0.15, 0.2) is 35.6 Å². The summed E-state index contributed by atoms with van der Waals surface area (Å²) < 4.78 is 16.9. The number of hydrogen-bond acceptors (Lipinski definition) is 10. The third-order valence-electron chi connectivity index (χ3n) is 6.90. The van der Waals surface area contributed by atoms with Crippen molar-refractivity contribution in [1.82, 2.24) is 20.2 Å². The van der Waals surface area contributed by atoms with E-state index in [1.54, 1.807) is 13.1 Å². The summed E-state index contributed by atoms with van der Waals surface area (Å²) in [5.74, 6) is 3.57. The van der Waals surface area contributed by atoms with Crippen LogP contribution in [0.1, 0.15) is 86.2 Å². The van der Waals surface area contributed by atoms with Crippen molar-refractivity contribution in [3.63, 3.8) is 0 Å². The number of rotatable bonds is 17. The fraction of sp³-hybridized carbons (Fsp3) is 0.647. The fourth-order valence-electron chi connectivity index (χ4n) is 4.37. The molecule has 1 aliphatic heterocycles. The van der Waals surface area contributed by atoms with Crippen molar-refractivity contribution in [1.29, 1.82) is 5.41 Å². The van der Waals surface area contributed by atoms with E-state index < -0.39 is 11.7 Å². The largest absolute Gasteiger partial charge is 0.444 e. The van der Waals surface area contributed by atoms with Crippen LogP contribution in [0.4, 0.5) is 10.6 Å². The zero-order chi connectivity index (χ0) is 33.4. The molecule has 45 heavy (non-hydrogen) atoms. The lowest BCUT2D eigenvalue weighted by Gasteiger charge is -2.36. The van der Waals surface area contributed by atoms with Gasteiger partial charge in [0.15, 0.2) is 5.82 Å². The van der Waals surface area contributed by atoms with Crippen LogP contribution in [0.5, 0.6) is 0 Å². The smallest absolute Gasteiger partial charge is 0.410 e. The number of likely N-dealkylation sites (N-methyl/N-ethyl adjacent to an activating group) is 1. The number of allylic oxidation sites excluding steroid dienone is 5. The molecule has 2 N–H and O–H groups in total. The highest BCUT2D eigenvalue weighted by molar-refractivity contribution is 7.98. The van der Waals surface area contributed by atoms with E-state index in [1.165, 1.54) is 4.90 Å². The summed E-state index contributed by atoms with van der Waals surface area (Å²) in [5, 5.41) is 12.0. The molecule has 10 nitrogen and oxygen atoms in total. The third kappa shape index (κ3) is 14.0. The van der Waals surface area contributed by atoms with E-state index in [0.717, 1.165) is 60.0 Å². The summed E-state index contributed by atoms with van der Waals surface area (Å²) in [7, 11) is 1.68. The number of nitrogens with zero attached hydrogens (tertiary/aromatic N) is 4. The molecule has 1 amide bonds. The number of carbonyl (C=O) groups excluding carboxylic acids is 1. The van der Waals surface area contributed by atoms with Gasteiger partial charge in [0.05, 0.1) is 37.2 Å². The average molecular weight is 645 g/mol. The molecule has 0 unspecified atom stereocenters. The molecule has 1 fully saturated rings. The Kier molecular flexibility index (Phi) is 16.7. The molecule has 1 atom stereocenters. The van der Waals surface area contributed by atoms with Crippen LogP contribution in [-0.4, -0.2) is 90.8 Å². The molecule has 2 rings (SSSR count). The maximum Gasteiger partial charge on any atom is 0.410 e. The highest BCUT2D eigenvalue weighted by Gasteiger charge is 2.24. The quantitative estimate of drug-likeness (QED) is 0.0816. The van der Waals surface area contributed by atoms with Gasteiger partial charge in [-0.15, -0.1) is 0 Å². The van der Waals surface area contributed by atoms with Crippen LogP contribution in [0.2, 0.25) is 0 Å². The second kappa shape index (κ2) is 19.6. The monoisotopic (exact) mass is 644 g/mol. The Morgan fingerprint density at radius 1 is 1.22 bits per heavy atom. The first-order valence-corrected chi connectivity index (χ1v) is 17.2. The van der Waals surface area contributed by atoms with Crippen molar-refractivity contribution in [2.45, 2.75) is 92.0 Å². The topological polar surface area (TPSA) is 113 Å². The Balaban J connectivity index is 2.31. The number of anilines is 1. The minimum atomic E-state index is -0.596. The molecular formula is C34H56N6O4S. The van der Waals surface area contributed by atoms with Gasteiger partial charge in [-0.2, -0.15) is 11.8 Å². The highest BCUT2D eigenvalue weighted by atomic mass is 32.2. The maximum absolute atomic E-state index is 12.6. The van der Waals surface area contributed by atoms with E-state index in [0.29, 0.717) is 43.1 Å². The summed E-state index contributed by atoms with van der Waals surface area (Å²) in [6.45, 7) is 19.2. The van der Waals surface area contributed by atoms with Gasteiger partial charge in [0.25, 0.3) is 0 Å². The number of aromatic nitrogens is 2. The normalized spacial score (nSPS) is 16.5. The summed E-state index contributed by atoms with van der Waals surface area (Å²) in [4.78, 5) is 26.3. The van der Waals surface area contributed by atoms with Gasteiger partial charge in [0.1, 0.15) is 18.1 Å². The Morgan fingerprint density at radius 2 is 1.98 bits per heavy atom. The van der Waals surface area contributed by atoms with E-state index in [4.69, 9.17) is 29.6 Å². The van der Waals surface area contributed by atoms with Crippen molar-refractivity contribution < 1.29 is 19.0 Å². The average Bonchev–Trinajstić information content (AvgIpc) is 3.00. The number of ether oxygens (including phenoxy) is 3. The van der Waals surface area contributed by atoms with Gasteiger partial charge in [-0.3, -0.25) is 0 Å². The minimum absolute atomic E-state index is 0.245. The highest BCUT2D eigenvalue weighted by Crippen LogP contribution is 2.24. The second-order valence-corrected chi connectivity index (χ2v) is 13.4. The van der Waals surface area contributed by atoms with Crippen molar-refractivity contribution in [2.24, 2.45) is 0 Å². The molecule has 252 valence electrons. The first-order chi connectivity index (χ1) is 21.4. The van der Waals surface area contributed by atoms with Crippen molar-refractivity contribution in [3.05, 3.63) is 47.1 Å². The molecule has 1 aromatic heterocycles. The Hall–Kier alpha value is -2.89. The zero-order valence-electron chi connectivity index (χ0n) is 29.0. The van der Waals surface area contributed by atoms with Crippen LogP contribution in [0.3, 0.4) is 0 Å². The van der Waals surface area contributed by atoms with Gasteiger partial charge in [0, 0.05) is 37.7 Å². The lowest BCUT2D eigenvalue weighted by atomic mass is 10.1. The van der Waals surface area contributed by atoms with E-state index in [2.05, 4.69) is 30.1 Å². The SMILES string of the molecule is CCCOCN/C(=C\C(=N)/C(C)=C\C=C(/C)c1nc(CSCCC)cc(N2CCOC[C@H]2CC)n1)CN(C)C(=O)OC(C)(C)C. The summed E-state index contributed by atoms with van der Waals surface area (Å²) >= 11 is 1.89. The predicted molar refractivity (Wildman–Crippen MR) is 187 cm³/mol. The van der Waals surface area contributed by atoms with Crippen molar-refractivity contribution in [3.8, 4) is 0 Å². The number of carbonyl (C=O) groups is 1. The lowest BCUT2D eigenvalue weighted by Crippen LogP contribution is -2.45. The third-order valence-corrected chi connectivity index (χ3v) is 8.10. The summed E-state index contributed by atoms with van der Waals surface area (Å²) in [6.07, 6.45) is 8.21. The number of morpholine rings is 1. The molecule has 0 aromatic carbocycles. The molecule has 0 bridgehead atoms. The zero-order valence-corrected chi connectivity index (χ0v) is 29.8. The molecule has 1 aromatic rings. The Labute approximate surface area is 275 Å². The number of hydrogen-bond donors (Lipinski definition) is 2. The first kappa shape index (κ1) is 38.3. The van der Waals surface area contributed by atoms with E-state index >= 15 is 0 Å². The summed E-state index contributed by atoms with van der Waals surface area (Å²) in [6, 6.07) is 2.42. The van der Waals surface area contributed by atoms with Crippen molar-refractivity contribution in [2.75, 3.05) is 57.3 Å². The molecule has 0 spiro atoms. The van der Waals surface area contributed by atoms with Gasteiger partial charge in [0.2, 0.25) is 0 Å². The predicted octanol–water partition coefficient (Wildman–Crippen LogP) is 6.83. The standard InChI is InChI=1S/C34H56N6O4S/c1-10-16-43-24-36-27(21-39(9)33(41)44-34(6,7)8)19-30(35)25(4)13-14-26(5)32-37-28(23-45-18-11-2)20-31(38-32)40-15-17-42-22-29(40)12-3/h13-14,19-20,29,35-36H,10-12,15-18,21-24H2,1-9H3/b25-13-,26-14+,27-19-,35-30?/t29-/m1/s1. The van der Waals surface area contributed by atoms with E-state index in [9.17, 15) is 4.79 Å². The van der Waals surface area contributed by atoms with Gasteiger partial charge in [-0.25, -0.2) is 14.8 Å². The fourth-order valence-corrected chi connectivity index (χ4v) is 5.16. The van der Waals surface area contributed by atoms with Crippen molar-refractivity contribution >= 4 is 35.0 Å². The molecule has 0 aliphatic carbocycles. The Morgan fingerprint density at radius 3 is 2.64 bits per heavy atom. The van der Waals surface area contributed by atoms with Crippen LogP contribution < -0.4 is 10.2 Å². The van der Waals surface area contributed by atoms with Gasteiger partial charge in [-0.05, 0) is 76.9 Å². The molecule has 1 aliphatic rings. The van der Waals surface area contributed by atoms with Crippen LogP contribution in [0.25, 0.3) is 5.57 Å². The molecule has 2 heterocycles. The van der Waals surface area contributed by atoms with Gasteiger partial charge in [-0.1, -0.05) is 32.9 Å². The molecular weight excluding hydrogens is 588 g/mol. The Bertz CT molecular complexity index is 1190. The number of thioether (sulfide) groups is 1. The van der Waals surface area contributed by atoms with E-state index in [-0.39, 0.29) is 13.3 Å². The molecule has 11 heteroatoms. The van der Waals surface area contributed by atoms with Gasteiger partial charge < -0.3 is 34.7 Å². The summed E-state index contributed by atoms with van der Waals surface area (Å²) in [5.41, 5.74) is 3.11. The second-order valence-electron chi connectivity index (χ2n) is 12.3. The van der Waals surface area contributed by atoms with Crippen LogP contribution in [-0.2, 0) is 20.0 Å². The maximum atomic E-state index is 12.6. The molecule has 0 saturated carbocycles.